The number of piperazine rings is 1. The molecule has 2 amide bonds. The molecule has 126 valence electrons. The Balaban J connectivity index is 1.43. The minimum atomic E-state index is -0.0713. The first kappa shape index (κ1) is 16.1. The molecule has 3 rings (SSSR count). The zero-order valence-corrected chi connectivity index (χ0v) is 13.6. The minimum Gasteiger partial charge on any atom is -0.335 e. The third-order valence-electron chi connectivity index (χ3n) is 4.85. The van der Waals surface area contributed by atoms with Crippen molar-refractivity contribution in [1.82, 2.24) is 20.1 Å². The Morgan fingerprint density at radius 1 is 1.13 bits per heavy atom. The molecule has 6 heteroatoms. The van der Waals surface area contributed by atoms with Gasteiger partial charge in [0.1, 0.15) is 0 Å². The lowest BCUT2D eigenvalue weighted by molar-refractivity contribution is 0.132. The zero-order chi connectivity index (χ0) is 16.1. The largest absolute Gasteiger partial charge is 0.335 e. The topological polar surface area (TPSA) is 68.4 Å². The maximum absolute atomic E-state index is 12.3. The average Bonchev–Trinajstić information content (AvgIpc) is 2.58. The Hall–Kier alpha value is -1.82. The molecule has 23 heavy (non-hydrogen) atoms. The van der Waals surface area contributed by atoms with Crippen LogP contribution >= 0.6 is 0 Å². The number of carbonyl (C=O) groups is 1. The van der Waals surface area contributed by atoms with Gasteiger partial charge in [0.25, 0.3) is 0 Å². The summed E-state index contributed by atoms with van der Waals surface area (Å²) in [6.07, 6.45) is 7.78. The van der Waals surface area contributed by atoms with E-state index in [1.165, 1.54) is 19.3 Å². The van der Waals surface area contributed by atoms with E-state index in [0.717, 1.165) is 51.1 Å². The summed E-state index contributed by atoms with van der Waals surface area (Å²) >= 11 is 0. The first-order chi connectivity index (χ1) is 11.2. The van der Waals surface area contributed by atoms with E-state index in [2.05, 4.69) is 15.2 Å². The molecule has 2 heterocycles. The van der Waals surface area contributed by atoms with Gasteiger partial charge >= 0.3 is 6.03 Å². The molecule has 0 aromatic carbocycles. The molecule has 2 fully saturated rings. The number of H-pyrrole nitrogens is 1. The van der Waals surface area contributed by atoms with Gasteiger partial charge in [0, 0.05) is 51.0 Å². The summed E-state index contributed by atoms with van der Waals surface area (Å²) in [5.74, 6) is 0. The lowest BCUT2D eigenvalue weighted by Gasteiger charge is -2.36. The molecule has 6 nitrogen and oxygen atoms in total. The fourth-order valence-corrected chi connectivity index (χ4v) is 3.42. The Labute approximate surface area is 136 Å². The highest BCUT2D eigenvalue weighted by molar-refractivity contribution is 5.74. The summed E-state index contributed by atoms with van der Waals surface area (Å²) in [4.78, 5) is 30.4. The molecule has 1 aliphatic carbocycles. The maximum atomic E-state index is 12.3. The molecule has 0 unspecified atom stereocenters. The highest BCUT2D eigenvalue weighted by Crippen LogP contribution is 2.17. The van der Waals surface area contributed by atoms with E-state index in [4.69, 9.17) is 0 Å². The highest BCUT2D eigenvalue weighted by atomic mass is 16.2. The van der Waals surface area contributed by atoms with Crippen molar-refractivity contribution < 1.29 is 4.79 Å². The van der Waals surface area contributed by atoms with Gasteiger partial charge in [-0.25, -0.2) is 4.79 Å². The van der Waals surface area contributed by atoms with E-state index in [9.17, 15) is 9.59 Å². The van der Waals surface area contributed by atoms with Crippen molar-refractivity contribution in [3.8, 4) is 0 Å². The van der Waals surface area contributed by atoms with Gasteiger partial charge in [0.2, 0.25) is 5.56 Å². The summed E-state index contributed by atoms with van der Waals surface area (Å²) < 4.78 is 0. The number of nitrogens with zero attached hydrogens (tertiary/aromatic N) is 2. The van der Waals surface area contributed by atoms with Gasteiger partial charge in [-0.3, -0.25) is 9.69 Å². The number of amides is 2. The number of hydrogen-bond acceptors (Lipinski definition) is 3. The van der Waals surface area contributed by atoms with E-state index in [-0.39, 0.29) is 11.6 Å². The molecule has 1 saturated heterocycles. The fraction of sp³-hybridized carbons (Fsp3) is 0.647. The summed E-state index contributed by atoms with van der Waals surface area (Å²) in [6, 6.07) is 3.89. The third kappa shape index (κ3) is 4.58. The van der Waals surface area contributed by atoms with Gasteiger partial charge in [-0.15, -0.1) is 0 Å². The van der Waals surface area contributed by atoms with Crippen LogP contribution in [0.15, 0.2) is 23.1 Å². The van der Waals surface area contributed by atoms with Crippen LogP contribution in [0.2, 0.25) is 0 Å². The lowest BCUT2D eigenvalue weighted by atomic mass is 9.96. The second kappa shape index (κ2) is 7.64. The molecule has 0 radical (unpaired) electrons. The van der Waals surface area contributed by atoms with Crippen molar-refractivity contribution in [2.24, 2.45) is 0 Å². The van der Waals surface area contributed by atoms with Crippen molar-refractivity contribution in [3.05, 3.63) is 34.2 Å². The maximum Gasteiger partial charge on any atom is 0.317 e. The molecule has 0 atom stereocenters. The van der Waals surface area contributed by atoms with Gasteiger partial charge in [0.15, 0.2) is 0 Å². The summed E-state index contributed by atoms with van der Waals surface area (Å²) in [5, 5.41) is 3.19. The highest BCUT2D eigenvalue weighted by Gasteiger charge is 2.23. The van der Waals surface area contributed by atoms with E-state index in [1.54, 1.807) is 12.3 Å². The summed E-state index contributed by atoms with van der Waals surface area (Å²) in [5.41, 5.74) is 1.03. The smallest absolute Gasteiger partial charge is 0.317 e. The molecule has 0 bridgehead atoms. The van der Waals surface area contributed by atoms with Crippen molar-refractivity contribution in [3.63, 3.8) is 0 Å². The third-order valence-corrected chi connectivity index (χ3v) is 4.85. The number of nitrogens with one attached hydrogen (secondary N) is 2. The number of hydrogen-bond donors (Lipinski definition) is 2. The van der Waals surface area contributed by atoms with Crippen molar-refractivity contribution in [2.75, 3.05) is 26.2 Å². The monoisotopic (exact) mass is 318 g/mol. The fourth-order valence-electron chi connectivity index (χ4n) is 3.42. The number of pyridine rings is 1. The molecule has 2 aliphatic rings. The van der Waals surface area contributed by atoms with Gasteiger partial charge in [-0.1, -0.05) is 25.3 Å². The van der Waals surface area contributed by atoms with Gasteiger partial charge < -0.3 is 15.2 Å². The minimum absolute atomic E-state index is 0.0713. The zero-order valence-electron chi connectivity index (χ0n) is 13.6. The van der Waals surface area contributed by atoms with Crippen LogP contribution in [0.1, 0.15) is 37.7 Å². The first-order valence-corrected chi connectivity index (χ1v) is 8.66. The van der Waals surface area contributed by atoms with Gasteiger partial charge in [-0.2, -0.15) is 0 Å². The van der Waals surface area contributed by atoms with Crippen LogP contribution in [0.25, 0.3) is 0 Å². The van der Waals surface area contributed by atoms with Gasteiger partial charge in [-0.05, 0) is 18.4 Å². The molecule has 1 aromatic rings. The molecular formula is C17H26N4O2. The molecule has 0 spiro atoms. The second-order valence-corrected chi connectivity index (χ2v) is 6.61. The van der Waals surface area contributed by atoms with Crippen molar-refractivity contribution in [2.45, 2.75) is 44.7 Å². The molecule has 2 N–H and O–H groups in total. The molecule has 1 saturated carbocycles. The number of aromatic nitrogens is 1. The second-order valence-electron chi connectivity index (χ2n) is 6.61. The predicted molar refractivity (Wildman–Crippen MR) is 89.3 cm³/mol. The Bertz CT molecular complexity index is 552. The van der Waals surface area contributed by atoms with Gasteiger partial charge in [0.05, 0.1) is 0 Å². The van der Waals surface area contributed by atoms with Crippen LogP contribution < -0.4 is 10.9 Å². The quantitative estimate of drug-likeness (QED) is 0.888. The molecule has 1 aromatic heterocycles. The standard InChI is InChI=1S/C17H26N4O2/c22-16-7-6-14(12-18-16)13-20-8-10-21(11-9-20)17(23)19-15-4-2-1-3-5-15/h6-7,12,15H,1-5,8-11,13H2,(H,18,22)(H,19,23). The van der Waals surface area contributed by atoms with Crippen LogP contribution in [0.5, 0.6) is 0 Å². The van der Waals surface area contributed by atoms with E-state index in [1.807, 2.05) is 11.0 Å². The number of urea groups is 1. The summed E-state index contributed by atoms with van der Waals surface area (Å²) in [7, 11) is 0. The summed E-state index contributed by atoms with van der Waals surface area (Å²) in [6.45, 7) is 4.09. The molecular weight excluding hydrogens is 292 g/mol. The number of carbonyl (C=O) groups excluding carboxylic acids is 1. The Morgan fingerprint density at radius 3 is 2.52 bits per heavy atom. The average molecular weight is 318 g/mol. The van der Waals surface area contributed by atoms with Crippen LogP contribution in [-0.4, -0.2) is 53.0 Å². The molecule has 1 aliphatic heterocycles. The normalized spacial score (nSPS) is 20.4. The van der Waals surface area contributed by atoms with E-state index < -0.39 is 0 Å². The van der Waals surface area contributed by atoms with Crippen LogP contribution in [-0.2, 0) is 6.54 Å². The van der Waals surface area contributed by atoms with Crippen LogP contribution in [0, 0.1) is 0 Å². The Morgan fingerprint density at radius 2 is 1.87 bits per heavy atom. The number of rotatable bonds is 3. The van der Waals surface area contributed by atoms with Crippen LogP contribution in [0.4, 0.5) is 4.79 Å². The number of aromatic amines is 1. The van der Waals surface area contributed by atoms with Crippen molar-refractivity contribution >= 4 is 6.03 Å². The first-order valence-electron chi connectivity index (χ1n) is 8.66. The van der Waals surface area contributed by atoms with E-state index in [0.29, 0.717) is 6.04 Å². The van der Waals surface area contributed by atoms with Crippen LogP contribution in [0.3, 0.4) is 0 Å². The van der Waals surface area contributed by atoms with Crippen molar-refractivity contribution in [1.29, 1.82) is 0 Å². The Kier molecular flexibility index (Phi) is 5.33. The van der Waals surface area contributed by atoms with E-state index >= 15 is 0 Å². The SMILES string of the molecule is O=C(NC1CCCCC1)N1CCN(Cc2ccc(=O)[nH]c2)CC1. The predicted octanol–water partition coefficient (Wildman–Crippen LogP) is 1.53. The lowest BCUT2D eigenvalue weighted by Crippen LogP contribution is -2.53.